The Hall–Kier alpha value is -0.830. The first kappa shape index (κ1) is 10.3. The minimum atomic E-state index is 0. The Balaban J connectivity index is 0.000000845. The average Bonchev–Trinajstić information content (AvgIpc) is 2.59. The van der Waals surface area contributed by atoms with E-state index in [1.54, 1.807) is 6.33 Å². The number of aromatic amines is 1. The molecule has 0 radical (unpaired) electrons. The third-order valence-electron chi connectivity index (χ3n) is 2.46. The molecule has 1 saturated heterocycles. The van der Waals surface area contributed by atoms with Gasteiger partial charge in [0, 0.05) is 11.9 Å². The van der Waals surface area contributed by atoms with Gasteiger partial charge in [0.15, 0.2) is 0 Å². The lowest BCUT2D eigenvalue weighted by molar-refractivity contribution is 0.374. The monoisotopic (exact) mass is 181 g/mol. The molecule has 0 spiro atoms. The second-order valence-electron chi connectivity index (χ2n) is 3.49. The molecule has 2 rings (SSSR count). The lowest BCUT2D eigenvalue weighted by Crippen LogP contribution is -2.30. The quantitative estimate of drug-likeness (QED) is 0.727. The molecule has 13 heavy (non-hydrogen) atoms. The Bertz CT molecular complexity index is 212. The fourth-order valence-electron chi connectivity index (χ4n) is 1.81. The Labute approximate surface area is 80.0 Å². The molecule has 3 heteroatoms. The zero-order valence-electron chi connectivity index (χ0n) is 7.21. The molecule has 0 saturated carbocycles. The largest absolute Gasteiger partial charge is 0.348 e. The first-order chi connectivity index (χ1) is 5.95. The maximum atomic E-state index is 4.01. The molecule has 1 aliphatic heterocycles. The second kappa shape index (κ2) is 5.02. The van der Waals surface area contributed by atoms with Gasteiger partial charge in [-0.3, -0.25) is 0 Å². The van der Waals surface area contributed by atoms with Gasteiger partial charge in [0.25, 0.3) is 0 Å². The summed E-state index contributed by atoms with van der Waals surface area (Å²) in [5.41, 5.74) is 1.27. The number of aromatic nitrogens is 2. The summed E-state index contributed by atoms with van der Waals surface area (Å²) in [6.45, 7) is 2.36. The van der Waals surface area contributed by atoms with Crippen LogP contribution in [0.4, 0.5) is 0 Å². The van der Waals surface area contributed by atoms with Crippen LogP contribution >= 0.6 is 0 Å². The highest BCUT2D eigenvalue weighted by Crippen LogP contribution is 2.14. The number of hydrogen-bond acceptors (Lipinski definition) is 2. The normalized spacial score (nSPS) is 22.3. The van der Waals surface area contributed by atoms with Crippen LogP contribution in [0.25, 0.3) is 0 Å². The van der Waals surface area contributed by atoms with Crippen LogP contribution in [0.1, 0.15) is 26.0 Å². The molecule has 2 heterocycles. The van der Waals surface area contributed by atoms with Crippen molar-refractivity contribution in [1.82, 2.24) is 15.3 Å². The number of piperidine rings is 1. The van der Waals surface area contributed by atoms with Gasteiger partial charge in [-0.15, -0.1) is 0 Å². The number of imidazole rings is 1. The van der Waals surface area contributed by atoms with Crippen LogP contribution in [0.5, 0.6) is 0 Å². The van der Waals surface area contributed by atoms with E-state index in [0.29, 0.717) is 0 Å². The molecule has 0 aromatic carbocycles. The molecule has 74 valence electrons. The summed E-state index contributed by atoms with van der Waals surface area (Å²) in [4.78, 5) is 7.16. The zero-order chi connectivity index (χ0) is 8.23. The maximum absolute atomic E-state index is 4.01. The van der Waals surface area contributed by atoms with Crippen LogP contribution < -0.4 is 5.32 Å². The number of hydrogen-bond donors (Lipinski definition) is 2. The fraction of sp³-hybridized carbons (Fsp3) is 0.700. The van der Waals surface area contributed by atoms with Crippen molar-refractivity contribution in [3.8, 4) is 0 Å². The van der Waals surface area contributed by atoms with E-state index < -0.39 is 0 Å². The van der Waals surface area contributed by atoms with E-state index in [4.69, 9.17) is 0 Å². The lowest BCUT2D eigenvalue weighted by atomic mass is 9.95. The summed E-state index contributed by atoms with van der Waals surface area (Å²) in [6.07, 6.45) is 7.50. The van der Waals surface area contributed by atoms with Gasteiger partial charge in [0.05, 0.1) is 6.33 Å². The molecule has 0 aliphatic carbocycles. The number of nitrogens with one attached hydrogen (secondary N) is 2. The van der Waals surface area contributed by atoms with Gasteiger partial charge in [-0.2, -0.15) is 0 Å². The van der Waals surface area contributed by atoms with Crippen LogP contribution in [0.15, 0.2) is 12.5 Å². The molecule has 0 amide bonds. The highest BCUT2D eigenvalue weighted by molar-refractivity contribution is 4.96. The molecule has 1 aliphatic rings. The number of nitrogens with zero attached hydrogens (tertiary/aromatic N) is 1. The summed E-state index contributed by atoms with van der Waals surface area (Å²) in [6, 6.07) is 0. The van der Waals surface area contributed by atoms with E-state index in [-0.39, 0.29) is 7.43 Å². The van der Waals surface area contributed by atoms with Gasteiger partial charge in [-0.05, 0) is 38.3 Å². The van der Waals surface area contributed by atoms with Gasteiger partial charge in [0.2, 0.25) is 0 Å². The topological polar surface area (TPSA) is 40.7 Å². The summed E-state index contributed by atoms with van der Waals surface area (Å²) >= 11 is 0. The third kappa shape index (κ3) is 2.84. The van der Waals surface area contributed by atoms with Crippen LogP contribution in [-0.2, 0) is 6.42 Å². The van der Waals surface area contributed by atoms with Crippen molar-refractivity contribution in [2.45, 2.75) is 26.7 Å². The Morgan fingerprint density at radius 2 is 2.46 bits per heavy atom. The highest BCUT2D eigenvalue weighted by atomic mass is 14.9. The van der Waals surface area contributed by atoms with Crippen molar-refractivity contribution >= 4 is 0 Å². The van der Waals surface area contributed by atoms with Crippen LogP contribution in [0.3, 0.4) is 0 Å². The number of H-pyrrole nitrogens is 1. The highest BCUT2D eigenvalue weighted by Gasteiger charge is 2.13. The van der Waals surface area contributed by atoms with E-state index in [2.05, 4.69) is 15.3 Å². The first-order valence-corrected chi connectivity index (χ1v) is 4.63. The predicted octanol–water partition coefficient (Wildman–Crippen LogP) is 1.59. The first-order valence-electron chi connectivity index (χ1n) is 4.63. The van der Waals surface area contributed by atoms with E-state index >= 15 is 0 Å². The van der Waals surface area contributed by atoms with Crippen molar-refractivity contribution in [2.75, 3.05) is 13.1 Å². The van der Waals surface area contributed by atoms with Crippen LogP contribution in [-0.4, -0.2) is 23.1 Å². The van der Waals surface area contributed by atoms with E-state index in [0.717, 1.165) is 12.3 Å². The van der Waals surface area contributed by atoms with Gasteiger partial charge in [-0.25, -0.2) is 4.98 Å². The summed E-state index contributed by atoms with van der Waals surface area (Å²) in [5.74, 6) is 0.805. The molecule has 1 aromatic heterocycles. The number of rotatable bonds is 2. The van der Waals surface area contributed by atoms with Crippen molar-refractivity contribution in [2.24, 2.45) is 5.92 Å². The lowest BCUT2D eigenvalue weighted by Gasteiger charge is -2.21. The molecule has 2 N–H and O–H groups in total. The second-order valence-corrected chi connectivity index (χ2v) is 3.49. The molecule has 3 nitrogen and oxygen atoms in total. The average molecular weight is 181 g/mol. The molecular weight excluding hydrogens is 162 g/mol. The summed E-state index contributed by atoms with van der Waals surface area (Å²) < 4.78 is 0. The van der Waals surface area contributed by atoms with Gasteiger partial charge >= 0.3 is 0 Å². The van der Waals surface area contributed by atoms with E-state index in [9.17, 15) is 0 Å². The molecular formula is C10H19N3. The summed E-state index contributed by atoms with van der Waals surface area (Å²) in [7, 11) is 0. The molecule has 1 aromatic rings. The standard InChI is InChI=1S/C9H15N3.CH4/c1-2-8(5-10-3-1)4-9-6-11-7-12-9;/h6-8,10H,1-5H2,(H,11,12);1H4. The molecule has 1 atom stereocenters. The Kier molecular flexibility index (Phi) is 3.96. The van der Waals surface area contributed by atoms with Gasteiger partial charge in [0.1, 0.15) is 0 Å². The van der Waals surface area contributed by atoms with Crippen molar-refractivity contribution in [1.29, 1.82) is 0 Å². The SMILES string of the molecule is C.c1ncc(CC2CCCNC2)[nH]1. The maximum Gasteiger partial charge on any atom is 0.0921 e. The summed E-state index contributed by atoms with van der Waals surface area (Å²) in [5, 5.41) is 3.41. The van der Waals surface area contributed by atoms with E-state index in [1.807, 2.05) is 6.20 Å². The van der Waals surface area contributed by atoms with Gasteiger partial charge < -0.3 is 10.3 Å². The van der Waals surface area contributed by atoms with Crippen LogP contribution in [0.2, 0.25) is 0 Å². The fourth-order valence-corrected chi connectivity index (χ4v) is 1.81. The van der Waals surface area contributed by atoms with Crippen molar-refractivity contribution in [3.63, 3.8) is 0 Å². The van der Waals surface area contributed by atoms with E-state index in [1.165, 1.54) is 31.6 Å². The Morgan fingerprint density at radius 1 is 1.54 bits per heavy atom. The minimum absolute atomic E-state index is 0. The minimum Gasteiger partial charge on any atom is -0.348 e. The Morgan fingerprint density at radius 3 is 3.08 bits per heavy atom. The molecule has 1 fully saturated rings. The third-order valence-corrected chi connectivity index (χ3v) is 2.46. The van der Waals surface area contributed by atoms with Crippen molar-refractivity contribution < 1.29 is 0 Å². The predicted molar refractivity (Wildman–Crippen MR) is 54.6 cm³/mol. The van der Waals surface area contributed by atoms with Gasteiger partial charge in [-0.1, -0.05) is 7.43 Å². The molecule has 0 bridgehead atoms. The van der Waals surface area contributed by atoms with Crippen LogP contribution in [0, 0.1) is 5.92 Å². The molecule has 1 unspecified atom stereocenters. The zero-order valence-corrected chi connectivity index (χ0v) is 7.21. The smallest absolute Gasteiger partial charge is 0.0921 e. The van der Waals surface area contributed by atoms with Crippen molar-refractivity contribution in [3.05, 3.63) is 18.2 Å².